The molecule has 2 heterocycles. The van der Waals surface area contributed by atoms with Crippen molar-refractivity contribution in [3.63, 3.8) is 0 Å². The van der Waals surface area contributed by atoms with Gasteiger partial charge in [-0.3, -0.25) is 9.48 Å². The lowest BCUT2D eigenvalue weighted by atomic mass is 10.1. The summed E-state index contributed by atoms with van der Waals surface area (Å²) in [4.78, 5) is 15.9. The van der Waals surface area contributed by atoms with Crippen molar-refractivity contribution in [2.75, 3.05) is 0 Å². The standard InChI is InChI=1S/C16H22N4O3/c1-11(2)9-19-13(4)14(12(3)18-19)8-16(21)23-10-15-17-6-5-7-20(15)22/h5-7,11H,8-10H2,1-4H3. The second-order valence-corrected chi connectivity index (χ2v) is 5.92. The third-order valence-corrected chi connectivity index (χ3v) is 3.54. The van der Waals surface area contributed by atoms with Crippen LogP contribution in [0.1, 0.15) is 36.6 Å². The van der Waals surface area contributed by atoms with Crippen LogP contribution in [-0.4, -0.2) is 20.7 Å². The van der Waals surface area contributed by atoms with Gasteiger partial charge in [-0.15, -0.1) is 0 Å². The summed E-state index contributed by atoms with van der Waals surface area (Å²) in [6, 6.07) is 1.52. The number of nitrogens with zero attached hydrogens (tertiary/aromatic N) is 4. The third kappa shape index (κ3) is 4.28. The molecular weight excluding hydrogens is 296 g/mol. The van der Waals surface area contributed by atoms with E-state index in [1.165, 1.54) is 18.5 Å². The summed E-state index contributed by atoms with van der Waals surface area (Å²) in [5.74, 6) is 0.236. The minimum absolute atomic E-state index is 0.138. The Bertz CT molecular complexity index is 695. The third-order valence-electron chi connectivity index (χ3n) is 3.54. The highest BCUT2D eigenvalue weighted by Gasteiger charge is 2.17. The van der Waals surface area contributed by atoms with Gasteiger partial charge in [0, 0.05) is 23.9 Å². The Morgan fingerprint density at radius 1 is 1.43 bits per heavy atom. The normalized spacial score (nSPS) is 11.0. The van der Waals surface area contributed by atoms with Crippen molar-refractivity contribution in [3.8, 4) is 0 Å². The van der Waals surface area contributed by atoms with Gasteiger partial charge < -0.3 is 9.94 Å². The second-order valence-electron chi connectivity index (χ2n) is 5.92. The summed E-state index contributed by atoms with van der Waals surface area (Å²) < 4.78 is 7.67. The molecule has 0 aromatic carbocycles. The van der Waals surface area contributed by atoms with E-state index >= 15 is 0 Å². The molecule has 2 aromatic heterocycles. The molecule has 0 unspecified atom stereocenters. The smallest absolute Gasteiger partial charge is 0.339 e. The number of hydrogen-bond donors (Lipinski definition) is 0. The van der Waals surface area contributed by atoms with Crippen molar-refractivity contribution in [3.05, 3.63) is 46.4 Å². The Morgan fingerprint density at radius 2 is 2.17 bits per heavy atom. The number of esters is 1. The zero-order valence-electron chi connectivity index (χ0n) is 13.9. The summed E-state index contributed by atoms with van der Waals surface area (Å²) in [5, 5.41) is 15.9. The van der Waals surface area contributed by atoms with Gasteiger partial charge in [0.15, 0.2) is 6.61 Å². The molecule has 0 saturated carbocycles. The van der Waals surface area contributed by atoms with Crippen molar-refractivity contribution in [2.24, 2.45) is 5.92 Å². The number of hydrogen-bond acceptors (Lipinski definition) is 5. The molecule has 0 amide bonds. The number of rotatable bonds is 6. The van der Waals surface area contributed by atoms with Crippen LogP contribution in [0.25, 0.3) is 0 Å². The highest BCUT2D eigenvalue weighted by atomic mass is 16.5. The van der Waals surface area contributed by atoms with Crippen molar-refractivity contribution in [2.45, 2.75) is 47.3 Å². The molecule has 0 radical (unpaired) electrons. The van der Waals surface area contributed by atoms with E-state index in [9.17, 15) is 10.0 Å². The van der Waals surface area contributed by atoms with Gasteiger partial charge in [0.05, 0.1) is 18.3 Å². The minimum atomic E-state index is -0.397. The van der Waals surface area contributed by atoms with Gasteiger partial charge >= 0.3 is 11.8 Å². The first-order chi connectivity index (χ1) is 10.9. The van der Waals surface area contributed by atoms with Gasteiger partial charge in [-0.1, -0.05) is 13.8 Å². The Balaban J connectivity index is 2.00. The lowest BCUT2D eigenvalue weighted by Gasteiger charge is -2.08. The summed E-state index contributed by atoms with van der Waals surface area (Å²) >= 11 is 0. The molecule has 0 aliphatic rings. The Kier molecular flexibility index (Phi) is 5.31. The number of carbonyl (C=O) groups is 1. The molecule has 2 rings (SSSR count). The zero-order chi connectivity index (χ0) is 17.0. The summed E-state index contributed by atoms with van der Waals surface area (Å²) in [6.07, 6.45) is 2.95. The summed E-state index contributed by atoms with van der Waals surface area (Å²) in [7, 11) is 0. The van der Waals surface area contributed by atoms with Crippen LogP contribution in [0.4, 0.5) is 0 Å². The van der Waals surface area contributed by atoms with E-state index in [2.05, 4.69) is 23.9 Å². The lowest BCUT2D eigenvalue weighted by Crippen LogP contribution is -2.33. The fourth-order valence-electron chi connectivity index (χ4n) is 2.34. The Morgan fingerprint density at radius 3 is 2.83 bits per heavy atom. The molecule has 7 heteroatoms. The molecule has 0 saturated heterocycles. The molecule has 7 nitrogen and oxygen atoms in total. The number of carbonyl (C=O) groups excluding carboxylic acids is 1. The summed E-state index contributed by atoms with van der Waals surface area (Å²) in [5.41, 5.74) is 2.69. The van der Waals surface area contributed by atoms with Crippen LogP contribution in [0.3, 0.4) is 0 Å². The number of aromatic nitrogens is 4. The van der Waals surface area contributed by atoms with Crippen LogP contribution >= 0.6 is 0 Å². The predicted molar refractivity (Wildman–Crippen MR) is 83.2 cm³/mol. The molecule has 0 aliphatic carbocycles. The monoisotopic (exact) mass is 318 g/mol. The first-order valence-corrected chi connectivity index (χ1v) is 7.60. The topological polar surface area (TPSA) is 84.0 Å². The summed E-state index contributed by atoms with van der Waals surface area (Å²) in [6.45, 7) is 8.75. The molecule has 23 heavy (non-hydrogen) atoms. The van der Waals surface area contributed by atoms with Crippen LogP contribution in [0.2, 0.25) is 0 Å². The fourth-order valence-corrected chi connectivity index (χ4v) is 2.34. The SMILES string of the molecule is Cc1nn(CC(C)C)c(C)c1CC(=O)OCc1nccc[n+]1[O-]. The van der Waals surface area contributed by atoms with Crippen molar-refractivity contribution in [1.82, 2.24) is 14.8 Å². The van der Waals surface area contributed by atoms with E-state index in [1.807, 2.05) is 18.5 Å². The molecular formula is C16H22N4O3. The fraction of sp³-hybridized carbons (Fsp3) is 0.500. The van der Waals surface area contributed by atoms with Gasteiger partial charge in [-0.05, 0) is 24.7 Å². The van der Waals surface area contributed by atoms with Gasteiger partial charge in [0.1, 0.15) is 6.20 Å². The van der Waals surface area contributed by atoms with Crippen LogP contribution in [0.15, 0.2) is 18.5 Å². The van der Waals surface area contributed by atoms with E-state index in [4.69, 9.17) is 4.74 Å². The van der Waals surface area contributed by atoms with Gasteiger partial charge in [-0.2, -0.15) is 5.10 Å². The van der Waals surface area contributed by atoms with E-state index in [0.717, 1.165) is 23.5 Å². The second kappa shape index (κ2) is 7.21. The average molecular weight is 318 g/mol. The molecule has 0 fully saturated rings. The highest BCUT2D eigenvalue weighted by Crippen LogP contribution is 2.16. The van der Waals surface area contributed by atoms with Crippen LogP contribution in [0.5, 0.6) is 0 Å². The Labute approximate surface area is 135 Å². The van der Waals surface area contributed by atoms with E-state index in [0.29, 0.717) is 10.6 Å². The molecule has 0 atom stereocenters. The van der Waals surface area contributed by atoms with Crippen molar-refractivity contribution < 1.29 is 14.3 Å². The van der Waals surface area contributed by atoms with Crippen LogP contribution in [-0.2, 0) is 29.1 Å². The maximum absolute atomic E-state index is 12.0. The van der Waals surface area contributed by atoms with Crippen molar-refractivity contribution in [1.29, 1.82) is 0 Å². The molecule has 0 spiro atoms. The first kappa shape index (κ1) is 16.9. The van der Waals surface area contributed by atoms with Gasteiger partial charge in [0.2, 0.25) is 0 Å². The molecule has 0 aliphatic heterocycles. The largest absolute Gasteiger partial charge is 0.711 e. The van der Waals surface area contributed by atoms with Gasteiger partial charge in [-0.25, -0.2) is 4.73 Å². The van der Waals surface area contributed by atoms with Crippen LogP contribution < -0.4 is 4.73 Å². The van der Waals surface area contributed by atoms with Crippen LogP contribution in [0, 0.1) is 25.0 Å². The minimum Gasteiger partial charge on any atom is -0.711 e. The first-order valence-electron chi connectivity index (χ1n) is 7.60. The maximum atomic E-state index is 12.0. The molecule has 2 aromatic rings. The molecule has 124 valence electrons. The molecule has 0 N–H and O–H groups in total. The lowest BCUT2D eigenvalue weighted by molar-refractivity contribution is -0.620. The Hall–Kier alpha value is -2.44. The van der Waals surface area contributed by atoms with Gasteiger partial charge in [0.25, 0.3) is 0 Å². The van der Waals surface area contributed by atoms with E-state index in [-0.39, 0.29) is 18.9 Å². The maximum Gasteiger partial charge on any atom is 0.339 e. The number of aryl methyl sites for hydroxylation is 1. The highest BCUT2D eigenvalue weighted by molar-refractivity contribution is 5.73. The number of ether oxygens (including phenoxy) is 1. The van der Waals surface area contributed by atoms with Crippen molar-refractivity contribution >= 4 is 5.97 Å². The average Bonchev–Trinajstić information content (AvgIpc) is 2.73. The quantitative estimate of drug-likeness (QED) is 0.457. The predicted octanol–water partition coefficient (Wildman–Crippen LogP) is 1.47. The zero-order valence-corrected chi connectivity index (χ0v) is 13.9. The molecule has 0 bridgehead atoms. The van der Waals surface area contributed by atoms with E-state index < -0.39 is 5.97 Å². The van der Waals surface area contributed by atoms with E-state index in [1.54, 1.807) is 0 Å².